The Labute approximate surface area is 172 Å². The number of ether oxygens (including phenoxy) is 4. The zero-order valence-electron chi connectivity index (χ0n) is 16.4. The number of hydrogen-bond donors (Lipinski definition) is 4. The Morgan fingerprint density at radius 1 is 1.13 bits per heavy atom. The molecular formula is C21H22O9. The zero-order valence-corrected chi connectivity index (χ0v) is 16.4. The molecule has 4 atom stereocenters. The summed E-state index contributed by atoms with van der Waals surface area (Å²) in [4.78, 5) is 12.6. The predicted octanol–water partition coefficient (Wildman–Crippen LogP) is 0.650. The molecule has 2 aromatic carbocycles. The van der Waals surface area contributed by atoms with Crippen LogP contribution in [0.5, 0.6) is 23.0 Å². The van der Waals surface area contributed by atoms with Gasteiger partial charge in [-0.3, -0.25) is 0 Å². The number of hydrogen-bond acceptors (Lipinski definition) is 9. The SMILES string of the molecule is COc1cc(OC2OC(CO)C(O)C2O)cc2c1OC(=O)c1c(O)cc(C)cc1C2. The Balaban J connectivity index is 1.71. The molecule has 160 valence electrons. The van der Waals surface area contributed by atoms with Gasteiger partial charge in [0.25, 0.3) is 0 Å². The first kappa shape index (κ1) is 20.4. The summed E-state index contributed by atoms with van der Waals surface area (Å²) >= 11 is 0. The van der Waals surface area contributed by atoms with E-state index in [0.29, 0.717) is 11.1 Å². The van der Waals surface area contributed by atoms with Crippen molar-refractivity contribution in [2.75, 3.05) is 13.7 Å². The summed E-state index contributed by atoms with van der Waals surface area (Å²) in [5, 5.41) is 39.5. The van der Waals surface area contributed by atoms with Crippen LogP contribution < -0.4 is 14.2 Å². The summed E-state index contributed by atoms with van der Waals surface area (Å²) in [6, 6.07) is 6.34. The van der Waals surface area contributed by atoms with Gasteiger partial charge in [0, 0.05) is 18.1 Å². The molecule has 2 aliphatic heterocycles. The van der Waals surface area contributed by atoms with Crippen LogP contribution >= 0.6 is 0 Å². The lowest BCUT2D eigenvalue weighted by Crippen LogP contribution is -2.35. The van der Waals surface area contributed by atoms with Crippen molar-refractivity contribution in [2.45, 2.75) is 37.9 Å². The third kappa shape index (κ3) is 3.46. The Bertz CT molecular complexity index is 987. The molecule has 1 fully saturated rings. The van der Waals surface area contributed by atoms with E-state index in [0.717, 1.165) is 5.56 Å². The third-order valence-electron chi connectivity index (χ3n) is 5.20. The Kier molecular flexibility index (Phi) is 5.29. The van der Waals surface area contributed by atoms with Crippen LogP contribution in [0.2, 0.25) is 0 Å². The van der Waals surface area contributed by atoms with E-state index in [1.165, 1.54) is 19.2 Å². The van der Waals surface area contributed by atoms with E-state index in [1.54, 1.807) is 19.1 Å². The lowest BCUT2D eigenvalue weighted by atomic mass is 9.97. The Hall–Kier alpha value is -2.85. The average molecular weight is 418 g/mol. The smallest absolute Gasteiger partial charge is 0.347 e. The van der Waals surface area contributed by atoms with Crippen LogP contribution in [0.15, 0.2) is 24.3 Å². The van der Waals surface area contributed by atoms with Gasteiger partial charge in [-0.2, -0.15) is 0 Å². The summed E-state index contributed by atoms with van der Waals surface area (Å²) in [6.45, 7) is 1.33. The highest BCUT2D eigenvalue weighted by Gasteiger charge is 2.44. The molecule has 9 heteroatoms. The molecule has 0 bridgehead atoms. The van der Waals surface area contributed by atoms with E-state index in [9.17, 15) is 25.2 Å². The first-order chi connectivity index (χ1) is 14.3. The molecule has 0 saturated carbocycles. The number of carbonyl (C=O) groups excluding carboxylic acids is 1. The summed E-state index contributed by atoms with van der Waals surface area (Å²) < 4.78 is 21.9. The van der Waals surface area contributed by atoms with Crippen LogP contribution in [-0.4, -0.2) is 64.7 Å². The lowest BCUT2D eigenvalue weighted by Gasteiger charge is -2.19. The highest BCUT2D eigenvalue weighted by atomic mass is 16.7. The number of aliphatic hydroxyl groups excluding tert-OH is 3. The van der Waals surface area contributed by atoms with Crippen molar-refractivity contribution < 1.29 is 44.2 Å². The fourth-order valence-electron chi connectivity index (χ4n) is 3.76. The maximum atomic E-state index is 12.6. The molecule has 30 heavy (non-hydrogen) atoms. The summed E-state index contributed by atoms with van der Waals surface area (Å²) in [5.74, 6) is -0.200. The number of methoxy groups -OCH3 is 1. The number of aryl methyl sites for hydroxylation is 1. The molecule has 1 saturated heterocycles. The Morgan fingerprint density at radius 3 is 2.57 bits per heavy atom. The van der Waals surface area contributed by atoms with Crippen LogP contribution in [0.1, 0.15) is 27.0 Å². The topological polar surface area (TPSA) is 135 Å². The van der Waals surface area contributed by atoms with E-state index >= 15 is 0 Å². The predicted molar refractivity (Wildman–Crippen MR) is 102 cm³/mol. The maximum Gasteiger partial charge on any atom is 0.347 e. The second kappa shape index (κ2) is 7.77. The number of rotatable bonds is 4. The fraction of sp³-hybridized carbons (Fsp3) is 0.381. The van der Waals surface area contributed by atoms with E-state index in [2.05, 4.69) is 0 Å². The second-order valence-electron chi connectivity index (χ2n) is 7.32. The second-order valence-corrected chi connectivity index (χ2v) is 7.32. The summed E-state index contributed by atoms with van der Waals surface area (Å²) in [6.07, 6.45) is -4.56. The van der Waals surface area contributed by atoms with Crippen molar-refractivity contribution >= 4 is 5.97 Å². The highest BCUT2D eigenvalue weighted by molar-refractivity contribution is 5.97. The van der Waals surface area contributed by atoms with Crippen molar-refractivity contribution in [1.29, 1.82) is 0 Å². The number of aliphatic hydroxyl groups is 3. The number of carbonyl (C=O) groups is 1. The number of phenols is 1. The van der Waals surface area contributed by atoms with Crippen molar-refractivity contribution in [1.82, 2.24) is 0 Å². The van der Waals surface area contributed by atoms with Crippen LogP contribution in [0.25, 0.3) is 0 Å². The van der Waals surface area contributed by atoms with Crippen LogP contribution in [-0.2, 0) is 11.2 Å². The van der Waals surface area contributed by atoms with Crippen molar-refractivity contribution in [3.8, 4) is 23.0 Å². The molecule has 0 aromatic heterocycles. The van der Waals surface area contributed by atoms with E-state index in [4.69, 9.17) is 18.9 Å². The maximum absolute atomic E-state index is 12.6. The number of esters is 1. The van der Waals surface area contributed by atoms with Crippen LogP contribution in [0.3, 0.4) is 0 Å². The normalized spacial score (nSPS) is 25.2. The van der Waals surface area contributed by atoms with Gasteiger partial charge < -0.3 is 39.4 Å². The van der Waals surface area contributed by atoms with Crippen LogP contribution in [0, 0.1) is 6.92 Å². The quantitative estimate of drug-likeness (QED) is 0.417. The fourth-order valence-corrected chi connectivity index (χ4v) is 3.76. The number of aromatic hydroxyl groups is 1. The molecule has 2 aromatic rings. The molecule has 4 rings (SSSR count). The number of fused-ring (bicyclic) bond motifs is 2. The van der Waals surface area contributed by atoms with Gasteiger partial charge in [-0.05, 0) is 30.2 Å². The molecule has 0 radical (unpaired) electrons. The Morgan fingerprint density at radius 2 is 1.90 bits per heavy atom. The first-order valence-electron chi connectivity index (χ1n) is 9.37. The first-order valence-corrected chi connectivity index (χ1v) is 9.37. The minimum Gasteiger partial charge on any atom is -0.507 e. The van der Waals surface area contributed by atoms with Gasteiger partial charge in [0.1, 0.15) is 35.4 Å². The molecule has 2 aliphatic rings. The van der Waals surface area contributed by atoms with E-state index in [-0.39, 0.29) is 35.0 Å². The lowest BCUT2D eigenvalue weighted by molar-refractivity contribution is -0.116. The van der Waals surface area contributed by atoms with Gasteiger partial charge in [-0.15, -0.1) is 0 Å². The van der Waals surface area contributed by atoms with Gasteiger partial charge in [0.15, 0.2) is 11.5 Å². The molecule has 2 heterocycles. The molecule has 9 nitrogen and oxygen atoms in total. The molecule has 0 amide bonds. The minimum atomic E-state index is -1.36. The molecule has 0 aliphatic carbocycles. The van der Waals surface area contributed by atoms with Crippen molar-refractivity contribution in [3.05, 3.63) is 46.5 Å². The highest BCUT2D eigenvalue weighted by Crippen LogP contribution is 2.42. The van der Waals surface area contributed by atoms with Crippen molar-refractivity contribution in [2.24, 2.45) is 0 Å². The molecule has 4 unspecified atom stereocenters. The monoisotopic (exact) mass is 418 g/mol. The molecular weight excluding hydrogens is 396 g/mol. The van der Waals surface area contributed by atoms with Gasteiger partial charge in [0.05, 0.1) is 13.7 Å². The van der Waals surface area contributed by atoms with Gasteiger partial charge in [0.2, 0.25) is 6.29 Å². The number of benzene rings is 2. The standard InChI is InChI=1S/C21H22O9/c1-9-3-10-5-11-6-12(28-21-18(25)17(24)15(8-22)29-21)7-14(27-2)19(11)30-20(26)16(10)13(23)4-9/h3-4,6-7,15,17-18,21-25H,5,8H2,1-2H3. The van der Waals surface area contributed by atoms with Gasteiger partial charge in [-0.25, -0.2) is 4.79 Å². The molecule has 4 N–H and O–H groups in total. The van der Waals surface area contributed by atoms with Gasteiger partial charge >= 0.3 is 5.97 Å². The summed E-state index contributed by atoms with van der Waals surface area (Å²) in [7, 11) is 1.40. The third-order valence-corrected chi connectivity index (χ3v) is 5.20. The number of phenolic OH excluding ortho intramolecular Hbond substituents is 1. The summed E-state index contributed by atoms with van der Waals surface area (Å²) in [5.41, 5.74) is 2.02. The molecule has 0 spiro atoms. The average Bonchev–Trinajstić information content (AvgIpc) is 2.87. The van der Waals surface area contributed by atoms with Gasteiger partial charge in [-0.1, -0.05) is 6.07 Å². The van der Waals surface area contributed by atoms with Crippen LogP contribution in [0.4, 0.5) is 0 Å². The van der Waals surface area contributed by atoms with E-state index in [1.807, 2.05) is 0 Å². The van der Waals surface area contributed by atoms with E-state index < -0.39 is 37.2 Å². The zero-order chi connectivity index (χ0) is 21.6. The van der Waals surface area contributed by atoms with Crippen molar-refractivity contribution in [3.63, 3.8) is 0 Å². The minimum absolute atomic E-state index is 0.0878. The largest absolute Gasteiger partial charge is 0.507 e.